The van der Waals surface area contributed by atoms with Crippen molar-refractivity contribution in [1.29, 1.82) is 0 Å². The van der Waals surface area contributed by atoms with Crippen LogP contribution in [0.25, 0.3) is 38.9 Å². The number of benzene rings is 3. The Kier molecular flexibility index (Phi) is 17.3. The Bertz CT molecular complexity index is 1760. The summed E-state index contributed by atoms with van der Waals surface area (Å²) in [7, 11) is 0. The summed E-state index contributed by atoms with van der Waals surface area (Å²) in [5.41, 5.74) is 2.62. The van der Waals surface area contributed by atoms with Crippen LogP contribution in [0.5, 0.6) is 0 Å². The molecule has 225 valence electrons. The van der Waals surface area contributed by atoms with Crippen molar-refractivity contribution in [2.75, 3.05) is 0 Å². The fraction of sp³-hybridized carbons (Fsp3) is 0. The van der Waals surface area contributed by atoms with Crippen molar-refractivity contribution in [2.45, 2.75) is 0 Å². The van der Waals surface area contributed by atoms with Gasteiger partial charge < -0.3 is 31.8 Å². The summed E-state index contributed by atoms with van der Waals surface area (Å²) in [6, 6.07) is 27.8. The Morgan fingerprint density at radius 3 is 1.79 bits per heavy atom. The Morgan fingerprint density at radius 1 is 0.690 bits per heavy atom. The Morgan fingerprint density at radius 2 is 1.21 bits per heavy atom. The average Bonchev–Trinajstić information content (AvgIpc) is 2.92. The molecule has 0 aliphatic rings. The molecule has 6 rings (SSSR count). The molecule has 0 unspecified atom stereocenters. The molecule has 0 aliphatic carbocycles. The van der Waals surface area contributed by atoms with Gasteiger partial charge in [0.15, 0.2) is 5.78 Å². The van der Waals surface area contributed by atoms with E-state index in [9.17, 15) is 9.59 Å². The van der Waals surface area contributed by atoms with Gasteiger partial charge in [-0.3, -0.25) is 14.8 Å². The van der Waals surface area contributed by atoms with E-state index in [1.165, 1.54) is 6.08 Å². The summed E-state index contributed by atoms with van der Waals surface area (Å²) in [5.74, 6) is -0.394. The number of hydrogen-bond acceptors (Lipinski definition) is 5. The Balaban J connectivity index is 0. The molecule has 0 amide bonds. The molecule has 0 atom stereocenters. The van der Waals surface area contributed by atoms with E-state index in [2.05, 4.69) is 34.2 Å². The van der Waals surface area contributed by atoms with Gasteiger partial charge in [-0.25, -0.2) is 4.79 Å². The molecular weight excluding hydrogens is 615 g/mol. The molecule has 0 aliphatic heterocycles. The molecule has 10 N–H and O–H groups in total. The minimum absolute atomic E-state index is 0. The molecule has 0 bridgehead atoms. The third-order valence-corrected chi connectivity index (χ3v) is 5.80. The number of nitrogens with zero attached hydrogens (tertiary/aromatic N) is 2. The molecule has 0 spiro atoms. The van der Waals surface area contributed by atoms with Crippen LogP contribution in [0.2, 0.25) is 5.02 Å². The van der Waals surface area contributed by atoms with Crippen molar-refractivity contribution in [1.82, 2.24) is 9.97 Å². The maximum absolute atomic E-state index is 12.2. The van der Waals surface area contributed by atoms with E-state index in [0.717, 1.165) is 27.4 Å². The SMILES string of the molecule is O.O.O.O.O.O=C(/C=C/c1ccc(Cl)cc1)c1cc2ccccc2oc1=O.[Cu].c1cnc2c(c1)ccc1cccnc12. The van der Waals surface area contributed by atoms with Crippen LogP contribution in [0.3, 0.4) is 0 Å². The van der Waals surface area contributed by atoms with E-state index in [-0.39, 0.29) is 50.0 Å². The summed E-state index contributed by atoms with van der Waals surface area (Å²) in [6.07, 6.45) is 6.59. The molecule has 42 heavy (non-hydrogen) atoms. The van der Waals surface area contributed by atoms with E-state index in [1.807, 2.05) is 18.2 Å². The fourth-order valence-electron chi connectivity index (χ4n) is 3.75. The van der Waals surface area contributed by atoms with E-state index in [0.29, 0.717) is 16.0 Å². The second-order valence-corrected chi connectivity index (χ2v) is 8.39. The molecule has 12 heteroatoms. The standard InChI is InChI=1S/C18H11ClO3.C12H8N2.Cu.5H2O/c19-14-8-5-12(6-9-14)7-10-16(20)15-11-13-3-1-2-4-17(13)22-18(15)21;1-3-9-5-6-10-4-2-8-14-12(10)11(9)13-7-1;;;;;;/h1-11H;1-8H;;5*1H2/b10-7+;;;;;;;. The predicted molar refractivity (Wildman–Crippen MR) is 162 cm³/mol. The number of rotatable bonds is 3. The number of aromatic nitrogens is 2. The number of pyridine rings is 2. The maximum Gasteiger partial charge on any atom is 0.347 e. The molecule has 0 saturated heterocycles. The second-order valence-electron chi connectivity index (χ2n) is 7.95. The molecular formula is C30H29ClCuN2O8. The monoisotopic (exact) mass is 643 g/mol. The first-order valence-corrected chi connectivity index (χ1v) is 11.6. The van der Waals surface area contributed by atoms with Crippen molar-refractivity contribution in [3.63, 3.8) is 0 Å². The van der Waals surface area contributed by atoms with Crippen LogP contribution in [-0.4, -0.2) is 43.1 Å². The largest absolute Gasteiger partial charge is 0.422 e. The molecule has 3 heterocycles. The summed E-state index contributed by atoms with van der Waals surface area (Å²) >= 11 is 5.80. The van der Waals surface area contributed by atoms with Crippen LogP contribution in [0.15, 0.2) is 119 Å². The predicted octanol–water partition coefficient (Wildman–Crippen LogP) is 3.00. The van der Waals surface area contributed by atoms with Crippen molar-refractivity contribution in [3.05, 3.63) is 136 Å². The van der Waals surface area contributed by atoms with Crippen LogP contribution < -0.4 is 5.63 Å². The van der Waals surface area contributed by atoms with Crippen LogP contribution >= 0.6 is 11.6 Å². The molecule has 6 aromatic rings. The van der Waals surface area contributed by atoms with E-state index in [1.54, 1.807) is 67.0 Å². The van der Waals surface area contributed by atoms with Gasteiger partial charge in [-0.15, -0.1) is 0 Å². The van der Waals surface area contributed by atoms with E-state index < -0.39 is 11.4 Å². The summed E-state index contributed by atoms with van der Waals surface area (Å²) in [6.45, 7) is 0. The number of ketones is 1. The maximum atomic E-state index is 12.2. The van der Waals surface area contributed by atoms with Gasteiger partial charge >= 0.3 is 5.63 Å². The van der Waals surface area contributed by atoms with Crippen LogP contribution in [0.4, 0.5) is 0 Å². The van der Waals surface area contributed by atoms with E-state index in [4.69, 9.17) is 16.0 Å². The summed E-state index contributed by atoms with van der Waals surface area (Å²) < 4.78 is 5.15. The Hall–Kier alpha value is -4.29. The van der Waals surface area contributed by atoms with Gasteiger partial charge in [-0.1, -0.05) is 72.3 Å². The van der Waals surface area contributed by atoms with Crippen molar-refractivity contribution in [2.24, 2.45) is 0 Å². The first kappa shape index (κ1) is 39.9. The number of hydrogen-bond donors (Lipinski definition) is 0. The zero-order chi connectivity index (χ0) is 24.9. The van der Waals surface area contributed by atoms with Gasteiger partial charge in [0.2, 0.25) is 0 Å². The number of halogens is 1. The van der Waals surface area contributed by atoms with Crippen molar-refractivity contribution in [3.8, 4) is 0 Å². The molecule has 3 aromatic carbocycles. The van der Waals surface area contributed by atoms with Gasteiger partial charge in [-0.2, -0.15) is 0 Å². The molecule has 10 nitrogen and oxygen atoms in total. The number of fused-ring (bicyclic) bond motifs is 4. The Labute approximate surface area is 255 Å². The summed E-state index contributed by atoms with van der Waals surface area (Å²) in [5, 5.41) is 3.61. The first-order chi connectivity index (χ1) is 17.6. The zero-order valence-electron chi connectivity index (χ0n) is 21.8. The quantitative estimate of drug-likeness (QED) is 0.0927. The third-order valence-electron chi connectivity index (χ3n) is 5.55. The van der Waals surface area contributed by atoms with Gasteiger partial charge in [0.1, 0.15) is 11.1 Å². The zero-order valence-corrected chi connectivity index (χ0v) is 23.5. The number of carbonyl (C=O) groups is 1. The topological polar surface area (TPSA) is 231 Å². The smallest absolute Gasteiger partial charge is 0.347 e. The van der Waals surface area contributed by atoms with Gasteiger partial charge in [0, 0.05) is 50.6 Å². The molecule has 3 aromatic heterocycles. The molecule has 0 saturated carbocycles. The second kappa shape index (κ2) is 18.2. The molecule has 0 fully saturated rings. The summed E-state index contributed by atoms with van der Waals surface area (Å²) in [4.78, 5) is 32.8. The van der Waals surface area contributed by atoms with Gasteiger partial charge in [-0.05, 0) is 48.0 Å². The van der Waals surface area contributed by atoms with Crippen molar-refractivity contribution >= 4 is 56.2 Å². The number of allylic oxidation sites excluding steroid dienone is 1. The minimum atomic E-state index is -0.635. The molecule has 1 radical (unpaired) electrons. The van der Waals surface area contributed by atoms with Crippen LogP contribution in [0, 0.1) is 0 Å². The van der Waals surface area contributed by atoms with Gasteiger partial charge in [0.25, 0.3) is 0 Å². The van der Waals surface area contributed by atoms with Crippen LogP contribution in [-0.2, 0) is 17.1 Å². The third kappa shape index (κ3) is 9.11. The minimum Gasteiger partial charge on any atom is -0.422 e. The normalized spacial score (nSPS) is 9.45. The van der Waals surface area contributed by atoms with Crippen LogP contribution in [0.1, 0.15) is 15.9 Å². The first-order valence-electron chi connectivity index (χ1n) is 11.2. The number of carbonyl (C=O) groups excluding carboxylic acids is 1. The van der Waals surface area contributed by atoms with E-state index >= 15 is 0 Å². The number of para-hydroxylation sites is 1. The fourth-order valence-corrected chi connectivity index (χ4v) is 3.88. The average molecular weight is 645 g/mol. The van der Waals surface area contributed by atoms with Crippen molar-refractivity contribution < 1.29 is 53.7 Å². The van der Waals surface area contributed by atoms with Gasteiger partial charge in [0.05, 0.1) is 11.0 Å².